The molecule has 98 valence electrons. The third-order valence-corrected chi connectivity index (χ3v) is 4.77. The fourth-order valence-corrected chi connectivity index (χ4v) is 3.53. The van der Waals surface area contributed by atoms with E-state index in [0.29, 0.717) is 5.75 Å². The SMILES string of the molecule is CN1C(=O)CS[C@H]1c1ccn(-c2cccc(Cl)c2)c1. The second-order valence-corrected chi connectivity index (χ2v) is 6.00. The summed E-state index contributed by atoms with van der Waals surface area (Å²) in [6, 6.07) is 9.76. The van der Waals surface area contributed by atoms with E-state index in [1.54, 1.807) is 16.7 Å². The van der Waals surface area contributed by atoms with Crippen molar-refractivity contribution in [3.8, 4) is 5.69 Å². The molecule has 2 heterocycles. The zero-order valence-electron chi connectivity index (χ0n) is 10.4. The van der Waals surface area contributed by atoms with Gasteiger partial charge < -0.3 is 9.47 Å². The van der Waals surface area contributed by atoms with Crippen molar-refractivity contribution in [3.05, 3.63) is 53.3 Å². The summed E-state index contributed by atoms with van der Waals surface area (Å²) in [6.45, 7) is 0. The average molecular weight is 293 g/mol. The number of thioether (sulfide) groups is 1. The minimum Gasteiger partial charge on any atom is -0.329 e. The summed E-state index contributed by atoms with van der Waals surface area (Å²) >= 11 is 7.66. The topological polar surface area (TPSA) is 25.2 Å². The molecule has 0 unspecified atom stereocenters. The Balaban J connectivity index is 1.90. The van der Waals surface area contributed by atoms with Crippen molar-refractivity contribution in [2.75, 3.05) is 12.8 Å². The molecule has 1 fully saturated rings. The Kier molecular flexibility index (Phi) is 3.29. The van der Waals surface area contributed by atoms with Gasteiger partial charge in [0.1, 0.15) is 5.37 Å². The quantitative estimate of drug-likeness (QED) is 0.848. The standard InChI is InChI=1S/C14H13ClN2OS/c1-16-13(18)9-19-14(16)10-5-6-17(8-10)12-4-2-3-11(15)7-12/h2-8,14H,9H2,1H3/t14-/m0/s1. The molecule has 5 heteroatoms. The van der Waals surface area contributed by atoms with Gasteiger partial charge in [-0.05, 0) is 24.3 Å². The summed E-state index contributed by atoms with van der Waals surface area (Å²) in [7, 11) is 1.85. The number of aromatic nitrogens is 1. The zero-order valence-corrected chi connectivity index (χ0v) is 12.0. The first kappa shape index (κ1) is 12.6. The fraction of sp³-hybridized carbons (Fsp3) is 0.214. The molecule has 19 heavy (non-hydrogen) atoms. The normalized spacial score (nSPS) is 19.2. The van der Waals surface area contributed by atoms with E-state index < -0.39 is 0 Å². The molecule has 3 nitrogen and oxygen atoms in total. The summed E-state index contributed by atoms with van der Waals surface area (Å²) in [5, 5.41) is 0.836. The minimum atomic E-state index is 0.118. The lowest BCUT2D eigenvalue weighted by Crippen LogP contribution is -2.22. The first-order valence-electron chi connectivity index (χ1n) is 5.96. The van der Waals surface area contributed by atoms with E-state index in [1.165, 1.54) is 0 Å². The smallest absolute Gasteiger partial charge is 0.233 e. The molecule has 1 aliphatic rings. The Labute approximate surface area is 121 Å². The van der Waals surface area contributed by atoms with Gasteiger partial charge in [0, 0.05) is 35.7 Å². The van der Waals surface area contributed by atoms with Crippen molar-refractivity contribution < 1.29 is 4.79 Å². The molecule has 0 aliphatic carbocycles. The van der Waals surface area contributed by atoms with Crippen molar-refractivity contribution >= 4 is 29.3 Å². The highest BCUT2D eigenvalue weighted by Crippen LogP contribution is 2.37. The van der Waals surface area contributed by atoms with Gasteiger partial charge in [-0.25, -0.2) is 0 Å². The molecule has 0 N–H and O–H groups in total. The largest absolute Gasteiger partial charge is 0.329 e. The van der Waals surface area contributed by atoms with Gasteiger partial charge in [-0.3, -0.25) is 4.79 Å². The minimum absolute atomic E-state index is 0.118. The van der Waals surface area contributed by atoms with Gasteiger partial charge in [-0.1, -0.05) is 17.7 Å². The lowest BCUT2D eigenvalue weighted by atomic mass is 10.3. The number of carbonyl (C=O) groups excluding carboxylic acids is 1. The van der Waals surface area contributed by atoms with E-state index in [1.807, 2.05) is 48.1 Å². The van der Waals surface area contributed by atoms with Crippen molar-refractivity contribution in [3.63, 3.8) is 0 Å². The number of hydrogen-bond donors (Lipinski definition) is 0. The summed E-state index contributed by atoms with van der Waals surface area (Å²) < 4.78 is 2.03. The molecular formula is C14H13ClN2OS. The molecular weight excluding hydrogens is 280 g/mol. The van der Waals surface area contributed by atoms with Gasteiger partial charge in [0.2, 0.25) is 5.91 Å². The maximum atomic E-state index is 11.6. The number of halogens is 1. The number of carbonyl (C=O) groups is 1. The van der Waals surface area contributed by atoms with E-state index in [4.69, 9.17) is 11.6 Å². The van der Waals surface area contributed by atoms with Crippen LogP contribution >= 0.6 is 23.4 Å². The maximum absolute atomic E-state index is 11.6. The third kappa shape index (κ3) is 2.38. The Bertz CT molecular complexity index is 625. The van der Waals surface area contributed by atoms with Crippen LogP contribution in [0.4, 0.5) is 0 Å². The van der Waals surface area contributed by atoms with Crippen LogP contribution in [0.5, 0.6) is 0 Å². The van der Waals surface area contributed by atoms with Gasteiger partial charge in [0.05, 0.1) is 5.75 Å². The van der Waals surface area contributed by atoms with Crippen LogP contribution in [-0.4, -0.2) is 28.2 Å². The Morgan fingerprint density at radius 1 is 1.37 bits per heavy atom. The predicted octanol–water partition coefficient (Wildman–Crippen LogP) is 3.33. The molecule has 1 atom stereocenters. The number of rotatable bonds is 2. The molecule has 0 radical (unpaired) electrons. The van der Waals surface area contributed by atoms with E-state index in [2.05, 4.69) is 6.20 Å². The highest BCUT2D eigenvalue weighted by Gasteiger charge is 2.30. The van der Waals surface area contributed by atoms with Gasteiger partial charge in [-0.2, -0.15) is 0 Å². The first-order valence-corrected chi connectivity index (χ1v) is 7.39. The second kappa shape index (κ2) is 4.94. The van der Waals surface area contributed by atoms with E-state index in [9.17, 15) is 4.79 Å². The molecule has 1 aromatic heterocycles. The van der Waals surface area contributed by atoms with Crippen LogP contribution in [0, 0.1) is 0 Å². The van der Waals surface area contributed by atoms with Crippen LogP contribution in [-0.2, 0) is 4.79 Å². The number of benzene rings is 1. The maximum Gasteiger partial charge on any atom is 0.233 e. The lowest BCUT2D eigenvalue weighted by Gasteiger charge is -2.17. The molecule has 0 bridgehead atoms. The Morgan fingerprint density at radius 3 is 2.89 bits per heavy atom. The number of amides is 1. The molecule has 1 aromatic carbocycles. The van der Waals surface area contributed by atoms with Gasteiger partial charge in [0.25, 0.3) is 0 Å². The number of nitrogens with zero attached hydrogens (tertiary/aromatic N) is 2. The summed E-state index contributed by atoms with van der Waals surface area (Å²) in [5.41, 5.74) is 2.16. The molecule has 2 aromatic rings. The van der Waals surface area contributed by atoms with Crippen molar-refractivity contribution in [1.29, 1.82) is 0 Å². The average Bonchev–Trinajstić information content (AvgIpc) is 2.98. The van der Waals surface area contributed by atoms with Crippen LogP contribution in [0.3, 0.4) is 0 Å². The Hall–Kier alpha value is -1.39. The fourth-order valence-electron chi connectivity index (χ4n) is 2.17. The van der Waals surface area contributed by atoms with Crippen LogP contribution in [0.1, 0.15) is 10.9 Å². The molecule has 0 saturated carbocycles. The zero-order chi connectivity index (χ0) is 13.4. The van der Waals surface area contributed by atoms with Crippen LogP contribution < -0.4 is 0 Å². The summed E-state index contributed by atoms with van der Waals surface area (Å²) in [4.78, 5) is 13.4. The van der Waals surface area contributed by atoms with Gasteiger partial charge >= 0.3 is 0 Å². The van der Waals surface area contributed by atoms with Crippen LogP contribution in [0.25, 0.3) is 5.69 Å². The molecule has 1 amide bonds. The number of hydrogen-bond acceptors (Lipinski definition) is 2. The molecule has 1 aliphatic heterocycles. The van der Waals surface area contributed by atoms with E-state index >= 15 is 0 Å². The van der Waals surface area contributed by atoms with Crippen molar-refractivity contribution in [1.82, 2.24) is 9.47 Å². The molecule has 3 rings (SSSR count). The summed E-state index contributed by atoms with van der Waals surface area (Å²) in [6.07, 6.45) is 4.05. The van der Waals surface area contributed by atoms with Crippen molar-refractivity contribution in [2.24, 2.45) is 0 Å². The highest BCUT2D eigenvalue weighted by molar-refractivity contribution is 8.00. The van der Waals surface area contributed by atoms with Crippen molar-refractivity contribution in [2.45, 2.75) is 5.37 Å². The van der Waals surface area contributed by atoms with Crippen LogP contribution in [0.15, 0.2) is 42.7 Å². The first-order chi connectivity index (χ1) is 9.15. The third-order valence-electron chi connectivity index (χ3n) is 3.22. The molecule has 0 spiro atoms. The molecule has 1 saturated heterocycles. The highest BCUT2D eigenvalue weighted by atomic mass is 35.5. The monoisotopic (exact) mass is 292 g/mol. The van der Waals surface area contributed by atoms with E-state index in [-0.39, 0.29) is 11.3 Å². The van der Waals surface area contributed by atoms with Gasteiger partial charge in [0.15, 0.2) is 0 Å². The van der Waals surface area contributed by atoms with Crippen LogP contribution in [0.2, 0.25) is 5.02 Å². The second-order valence-electron chi connectivity index (χ2n) is 4.50. The Morgan fingerprint density at radius 2 is 2.21 bits per heavy atom. The predicted molar refractivity (Wildman–Crippen MR) is 78.7 cm³/mol. The van der Waals surface area contributed by atoms with E-state index in [0.717, 1.165) is 16.3 Å². The van der Waals surface area contributed by atoms with Gasteiger partial charge in [-0.15, -0.1) is 11.8 Å². The summed E-state index contributed by atoms with van der Waals surface area (Å²) in [5.74, 6) is 0.745. The lowest BCUT2D eigenvalue weighted by molar-refractivity contribution is -0.126.